The maximum Gasteiger partial charge on any atom is 0.0610 e. The summed E-state index contributed by atoms with van der Waals surface area (Å²) in [5.74, 6) is 1.12. The SMILES string of the molecule is CCSc1ccccc1NC1CC(OC)C1. The lowest BCUT2D eigenvalue weighted by Gasteiger charge is -2.35. The predicted molar refractivity (Wildman–Crippen MR) is 70.3 cm³/mol. The van der Waals surface area contributed by atoms with Gasteiger partial charge in [-0.25, -0.2) is 0 Å². The topological polar surface area (TPSA) is 21.3 Å². The highest BCUT2D eigenvalue weighted by Crippen LogP contribution is 2.31. The summed E-state index contributed by atoms with van der Waals surface area (Å²) in [6, 6.07) is 9.13. The average molecular weight is 237 g/mol. The normalized spacial score (nSPS) is 23.9. The fourth-order valence-electron chi connectivity index (χ4n) is 1.96. The fraction of sp³-hybridized carbons (Fsp3) is 0.538. The van der Waals surface area contributed by atoms with Crippen molar-refractivity contribution >= 4 is 17.4 Å². The number of hydrogen-bond acceptors (Lipinski definition) is 3. The molecule has 0 saturated heterocycles. The van der Waals surface area contributed by atoms with Crippen LogP contribution in [0.4, 0.5) is 5.69 Å². The second-order valence-electron chi connectivity index (χ2n) is 4.10. The minimum Gasteiger partial charge on any atom is -0.381 e. The summed E-state index contributed by atoms with van der Waals surface area (Å²) in [6.45, 7) is 2.19. The number of para-hydroxylation sites is 1. The molecule has 16 heavy (non-hydrogen) atoms. The van der Waals surface area contributed by atoms with Gasteiger partial charge in [0.1, 0.15) is 0 Å². The molecule has 1 saturated carbocycles. The van der Waals surface area contributed by atoms with E-state index in [9.17, 15) is 0 Å². The second-order valence-corrected chi connectivity index (χ2v) is 5.41. The van der Waals surface area contributed by atoms with E-state index in [1.165, 1.54) is 10.6 Å². The van der Waals surface area contributed by atoms with E-state index in [0.717, 1.165) is 18.6 Å². The van der Waals surface area contributed by atoms with Gasteiger partial charge in [-0.1, -0.05) is 19.1 Å². The maximum absolute atomic E-state index is 5.29. The van der Waals surface area contributed by atoms with Crippen LogP contribution in [-0.4, -0.2) is 25.0 Å². The fourth-order valence-corrected chi connectivity index (χ4v) is 2.73. The first-order valence-corrected chi connectivity index (χ1v) is 6.83. The van der Waals surface area contributed by atoms with Crippen LogP contribution >= 0.6 is 11.8 Å². The Morgan fingerprint density at radius 3 is 2.81 bits per heavy atom. The third kappa shape index (κ3) is 2.71. The standard InChI is InChI=1S/C13H19NOS/c1-3-16-13-7-5-4-6-12(13)14-10-8-11(9-10)15-2/h4-7,10-11,14H,3,8-9H2,1-2H3. The highest BCUT2D eigenvalue weighted by molar-refractivity contribution is 7.99. The van der Waals surface area contributed by atoms with Crippen molar-refractivity contribution in [2.24, 2.45) is 0 Å². The summed E-state index contributed by atoms with van der Waals surface area (Å²) < 4.78 is 5.29. The van der Waals surface area contributed by atoms with Gasteiger partial charge in [0.2, 0.25) is 0 Å². The first kappa shape index (κ1) is 11.8. The van der Waals surface area contributed by atoms with E-state index in [1.54, 1.807) is 7.11 Å². The van der Waals surface area contributed by atoms with Gasteiger partial charge in [-0.2, -0.15) is 0 Å². The van der Waals surface area contributed by atoms with Crippen LogP contribution in [0.25, 0.3) is 0 Å². The molecule has 1 fully saturated rings. The molecule has 2 nitrogen and oxygen atoms in total. The molecule has 0 heterocycles. The van der Waals surface area contributed by atoms with E-state index >= 15 is 0 Å². The van der Waals surface area contributed by atoms with Gasteiger partial charge in [0.05, 0.1) is 6.10 Å². The zero-order valence-electron chi connectivity index (χ0n) is 9.90. The first-order valence-electron chi connectivity index (χ1n) is 5.84. The number of rotatable bonds is 5. The molecule has 0 atom stereocenters. The first-order chi connectivity index (χ1) is 7.83. The van der Waals surface area contributed by atoms with Crippen LogP contribution in [0.5, 0.6) is 0 Å². The van der Waals surface area contributed by atoms with Crippen molar-refractivity contribution in [3.63, 3.8) is 0 Å². The largest absolute Gasteiger partial charge is 0.381 e. The number of hydrogen-bond donors (Lipinski definition) is 1. The molecule has 0 aliphatic heterocycles. The molecule has 2 rings (SSSR count). The highest BCUT2D eigenvalue weighted by atomic mass is 32.2. The average Bonchev–Trinajstić information content (AvgIpc) is 2.25. The molecule has 0 radical (unpaired) electrons. The van der Waals surface area contributed by atoms with Gasteiger partial charge in [0.15, 0.2) is 0 Å². The van der Waals surface area contributed by atoms with Crippen molar-refractivity contribution in [3.05, 3.63) is 24.3 Å². The second kappa shape index (κ2) is 5.60. The van der Waals surface area contributed by atoms with Gasteiger partial charge in [-0.05, 0) is 30.7 Å². The molecule has 0 aromatic heterocycles. The van der Waals surface area contributed by atoms with Crippen molar-refractivity contribution in [2.45, 2.75) is 36.8 Å². The van der Waals surface area contributed by atoms with Crippen molar-refractivity contribution in [3.8, 4) is 0 Å². The number of nitrogens with one attached hydrogen (secondary N) is 1. The molecule has 0 unspecified atom stereocenters. The van der Waals surface area contributed by atoms with Crippen LogP contribution in [0.1, 0.15) is 19.8 Å². The molecule has 0 spiro atoms. The number of ether oxygens (including phenoxy) is 1. The lowest BCUT2D eigenvalue weighted by Crippen LogP contribution is -2.40. The smallest absolute Gasteiger partial charge is 0.0610 e. The Hall–Kier alpha value is -0.670. The Labute approximate surface area is 102 Å². The summed E-state index contributed by atoms with van der Waals surface area (Å²) >= 11 is 1.89. The van der Waals surface area contributed by atoms with E-state index in [1.807, 2.05) is 11.8 Å². The van der Waals surface area contributed by atoms with Gasteiger partial charge >= 0.3 is 0 Å². The molecule has 3 heteroatoms. The monoisotopic (exact) mass is 237 g/mol. The quantitative estimate of drug-likeness (QED) is 0.793. The summed E-state index contributed by atoms with van der Waals surface area (Å²) in [4.78, 5) is 1.35. The van der Waals surface area contributed by atoms with Crippen molar-refractivity contribution < 1.29 is 4.74 Å². The summed E-state index contributed by atoms with van der Waals surface area (Å²) in [7, 11) is 1.79. The molecule has 1 N–H and O–H groups in total. The Balaban J connectivity index is 1.93. The van der Waals surface area contributed by atoms with Gasteiger partial charge < -0.3 is 10.1 Å². The molecule has 0 amide bonds. The third-order valence-electron chi connectivity index (χ3n) is 2.97. The van der Waals surface area contributed by atoms with Crippen LogP contribution in [0.3, 0.4) is 0 Å². The van der Waals surface area contributed by atoms with Gasteiger partial charge in [-0.3, -0.25) is 0 Å². The number of thioether (sulfide) groups is 1. The Morgan fingerprint density at radius 1 is 1.38 bits per heavy atom. The van der Waals surface area contributed by atoms with Crippen LogP contribution < -0.4 is 5.32 Å². The van der Waals surface area contributed by atoms with E-state index in [-0.39, 0.29) is 0 Å². The predicted octanol–water partition coefficient (Wildman–Crippen LogP) is 3.39. The molecule has 0 bridgehead atoms. The molecule has 88 valence electrons. The van der Waals surface area contributed by atoms with E-state index in [0.29, 0.717) is 12.1 Å². The van der Waals surface area contributed by atoms with Gasteiger partial charge in [0.25, 0.3) is 0 Å². The van der Waals surface area contributed by atoms with Crippen molar-refractivity contribution in [1.82, 2.24) is 0 Å². The summed E-state index contributed by atoms with van der Waals surface area (Å²) in [6.07, 6.45) is 2.71. The number of anilines is 1. The van der Waals surface area contributed by atoms with Crippen molar-refractivity contribution in [2.75, 3.05) is 18.2 Å². The number of benzene rings is 1. The highest BCUT2D eigenvalue weighted by Gasteiger charge is 2.29. The molecule has 1 aliphatic carbocycles. The third-order valence-corrected chi connectivity index (χ3v) is 3.93. The maximum atomic E-state index is 5.29. The Morgan fingerprint density at radius 2 is 2.12 bits per heavy atom. The minimum absolute atomic E-state index is 0.462. The van der Waals surface area contributed by atoms with E-state index < -0.39 is 0 Å². The lowest BCUT2D eigenvalue weighted by molar-refractivity contribution is 0.0328. The van der Waals surface area contributed by atoms with Gasteiger partial charge in [0, 0.05) is 23.7 Å². The van der Waals surface area contributed by atoms with Crippen molar-refractivity contribution in [1.29, 1.82) is 0 Å². The van der Waals surface area contributed by atoms with Crippen LogP contribution in [-0.2, 0) is 4.74 Å². The number of methoxy groups -OCH3 is 1. The Kier molecular flexibility index (Phi) is 4.13. The van der Waals surface area contributed by atoms with E-state index in [2.05, 4.69) is 36.5 Å². The van der Waals surface area contributed by atoms with Gasteiger partial charge in [-0.15, -0.1) is 11.8 Å². The minimum atomic E-state index is 0.462. The molecular weight excluding hydrogens is 218 g/mol. The van der Waals surface area contributed by atoms with Crippen LogP contribution in [0, 0.1) is 0 Å². The van der Waals surface area contributed by atoms with Crippen LogP contribution in [0.2, 0.25) is 0 Å². The van der Waals surface area contributed by atoms with E-state index in [4.69, 9.17) is 4.74 Å². The molecule has 1 aromatic carbocycles. The Bertz CT molecular complexity index is 336. The molecular formula is C13H19NOS. The van der Waals surface area contributed by atoms with Crippen LogP contribution in [0.15, 0.2) is 29.2 Å². The summed E-state index contributed by atoms with van der Waals surface area (Å²) in [5, 5.41) is 3.60. The zero-order chi connectivity index (χ0) is 11.4. The molecule has 1 aliphatic rings. The summed E-state index contributed by atoms with van der Waals surface area (Å²) in [5.41, 5.74) is 1.27. The molecule has 1 aromatic rings. The zero-order valence-corrected chi connectivity index (χ0v) is 10.7. The lowest BCUT2D eigenvalue weighted by atomic mass is 9.89.